The summed E-state index contributed by atoms with van der Waals surface area (Å²) in [6.45, 7) is 1.98. The molecule has 1 aliphatic heterocycles. The molecule has 0 aliphatic carbocycles. The molecule has 0 N–H and O–H groups in total. The SMILES string of the molecule is CO[Si](CCCCOc1ccc(OC(=O)c2ccc(OCCC3CO3)cc2)cc1)(OC)OC. The zero-order valence-electron chi connectivity index (χ0n) is 19.4. The minimum Gasteiger partial charge on any atom is -0.494 e. The number of rotatable bonds is 15. The van der Waals surface area contributed by atoms with Crippen molar-refractivity contribution in [2.45, 2.75) is 31.4 Å². The van der Waals surface area contributed by atoms with Crippen LogP contribution in [-0.2, 0) is 18.0 Å². The van der Waals surface area contributed by atoms with Gasteiger partial charge in [-0.05, 0) is 61.4 Å². The predicted octanol–water partition coefficient (Wildman–Crippen LogP) is 4.11. The zero-order valence-corrected chi connectivity index (χ0v) is 20.4. The standard InChI is InChI=1S/C24H32O8Si/c1-26-33(27-2,28-3)17-5-4-15-29-21-10-12-22(13-11-21)32-24(25)19-6-8-20(9-7-19)30-16-14-23-18-31-23/h6-13,23H,4-5,14-18H2,1-3H3. The molecule has 0 spiro atoms. The molecule has 0 aromatic heterocycles. The number of carbonyl (C=O) groups excluding carboxylic acids is 1. The first-order valence-electron chi connectivity index (χ1n) is 11.0. The van der Waals surface area contributed by atoms with Gasteiger partial charge in [-0.25, -0.2) is 4.79 Å². The molecule has 1 heterocycles. The van der Waals surface area contributed by atoms with Crippen molar-refractivity contribution < 1.29 is 37.0 Å². The second kappa shape index (κ2) is 12.7. The van der Waals surface area contributed by atoms with E-state index >= 15 is 0 Å². The molecule has 2 aromatic rings. The van der Waals surface area contributed by atoms with Crippen molar-refractivity contribution in [1.82, 2.24) is 0 Å². The third kappa shape index (κ3) is 8.13. The van der Waals surface area contributed by atoms with Crippen LogP contribution in [0.25, 0.3) is 0 Å². The van der Waals surface area contributed by atoms with Crippen LogP contribution >= 0.6 is 0 Å². The molecule has 1 saturated heterocycles. The van der Waals surface area contributed by atoms with Crippen LogP contribution in [0.1, 0.15) is 29.6 Å². The fourth-order valence-corrected chi connectivity index (χ4v) is 4.99. The summed E-state index contributed by atoms with van der Waals surface area (Å²) in [7, 11) is 2.31. The molecule has 33 heavy (non-hydrogen) atoms. The average Bonchev–Trinajstić information content (AvgIpc) is 3.68. The highest BCUT2D eigenvalue weighted by molar-refractivity contribution is 6.60. The summed E-state index contributed by atoms with van der Waals surface area (Å²) in [5, 5.41) is 0. The lowest BCUT2D eigenvalue weighted by Crippen LogP contribution is -2.42. The Morgan fingerprint density at radius 3 is 1.97 bits per heavy atom. The van der Waals surface area contributed by atoms with Gasteiger partial charge < -0.3 is 32.2 Å². The summed E-state index contributed by atoms with van der Waals surface area (Å²) >= 11 is 0. The zero-order chi connectivity index (χ0) is 23.5. The Hall–Kier alpha value is -2.43. The van der Waals surface area contributed by atoms with Crippen molar-refractivity contribution in [1.29, 1.82) is 0 Å². The van der Waals surface area contributed by atoms with E-state index in [9.17, 15) is 4.79 Å². The summed E-state index contributed by atoms with van der Waals surface area (Å²) in [5.41, 5.74) is 0.455. The fraction of sp³-hybridized carbons (Fsp3) is 0.458. The lowest BCUT2D eigenvalue weighted by molar-refractivity contribution is 0.0734. The van der Waals surface area contributed by atoms with Crippen LogP contribution in [0, 0.1) is 0 Å². The molecule has 180 valence electrons. The number of carbonyl (C=O) groups is 1. The second-order valence-corrected chi connectivity index (χ2v) is 10.7. The summed E-state index contributed by atoms with van der Waals surface area (Å²) in [4.78, 5) is 12.4. The fourth-order valence-electron chi connectivity index (χ4n) is 3.19. The normalized spacial score (nSPS) is 15.2. The highest BCUT2D eigenvalue weighted by Crippen LogP contribution is 2.21. The van der Waals surface area contributed by atoms with Crippen molar-refractivity contribution >= 4 is 14.8 Å². The van der Waals surface area contributed by atoms with Gasteiger partial charge in [-0.1, -0.05) is 0 Å². The number of esters is 1. The number of hydrogen-bond donors (Lipinski definition) is 0. The second-order valence-electron chi connectivity index (χ2n) is 7.58. The van der Waals surface area contributed by atoms with Crippen molar-refractivity contribution in [2.75, 3.05) is 41.2 Å². The van der Waals surface area contributed by atoms with Gasteiger partial charge >= 0.3 is 14.8 Å². The molecule has 1 aliphatic rings. The molecule has 2 aromatic carbocycles. The number of epoxide rings is 1. The van der Waals surface area contributed by atoms with Crippen molar-refractivity contribution in [3.63, 3.8) is 0 Å². The number of ether oxygens (including phenoxy) is 4. The Labute approximate surface area is 196 Å². The smallest absolute Gasteiger partial charge is 0.494 e. The topological polar surface area (TPSA) is 85.0 Å². The number of hydrogen-bond acceptors (Lipinski definition) is 8. The maximum absolute atomic E-state index is 12.4. The Morgan fingerprint density at radius 2 is 1.39 bits per heavy atom. The Bertz CT molecular complexity index is 840. The van der Waals surface area contributed by atoms with Crippen molar-refractivity contribution in [3.8, 4) is 17.2 Å². The molecule has 1 fully saturated rings. The molecule has 1 unspecified atom stereocenters. The lowest BCUT2D eigenvalue weighted by atomic mass is 10.2. The van der Waals surface area contributed by atoms with Gasteiger partial charge in [0.15, 0.2) is 0 Å². The quantitative estimate of drug-likeness (QED) is 0.125. The maximum Gasteiger partial charge on any atom is 0.500 e. The van der Waals surface area contributed by atoms with Crippen LogP contribution in [0.5, 0.6) is 17.2 Å². The Kier molecular flexibility index (Phi) is 9.71. The summed E-state index contributed by atoms with van der Waals surface area (Å²) < 4.78 is 38.2. The first-order chi connectivity index (χ1) is 16.1. The lowest BCUT2D eigenvalue weighted by Gasteiger charge is -2.24. The molecule has 8 nitrogen and oxygen atoms in total. The Morgan fingerprint density at radius 1 is 0.848 bits per heavy atom. The van der Waals surface area contributed by atoms with Crippen molar-refractivity contribution in [2.24, 2.45) is 0 Å². The molecule has 3 rings (SSSR count). The third-order valence-electron chi connectivity index (χ3n) is 5.31. The van der Waals surface area contributed by atoms with E-state index < -0.39 is 14.8 Å². The van der Waals surface area contributed by atoms with Gasteiger partial charge in [0.1, 0.15) is 17.2 Å². The van der Waals surface area contributed by atoms with Gasteiger partial charge in [-0.2, -0.15) is 0 Å². The van der Waals surface area contributed by atoms with Crippen LogP contribution in [0.15, 0.2) is 48.5 Å². The minimum atomic E-state index is -2.52. The molecule has 0 bridgehead atoms. The Balaban J connectivity index is 1.37. The van der Waals surface area contributed by atoms with E-state index in [0.717, 1.165) is 31.9 Å². The molecule has 9 heteroatoms. The van der Waals surface area contributed by atoms with E-state index in [1.54, 1.807) is 69.9 Å². The average molecular weight is 477 g/mol. The van der Waals surface area contributed by atoms with Gasteiger partial charge in [-0.3, -0.25) is 0 Å². The molecule has 0 radical (unpaired) electrons. The van der Waals surface area contributed by atoms with Crippen LogP contribution < -0.4 is 14.2 Å². The first kappa shape index (κ1) is 25.2. The van der Waals surface area contributed by atoms with Crippen LogP contribution in [0.4, 0.5) is 0 Å². The summed E-state index contributed by atoms with van der Waals surface area (Å²) in [6, 6.07) is 14.6. The monoisotopic (exact) mass is 476 g/mol. The molecule has 1 atom stereocenters. The van der Waals surface area contributed by atoms with Crippen LogP contribution in [0.2, 0.25) is 6.04 Å². The van der Waals surface area contributed by atoms with Gasteiger partial charge in [0.25, 0.3) is 0 Å². The van der Waals surface area contributed by atoms with E-state index in [0.29, 0.717) is 42.1 Å². The van der Waals surface area contributed by atoms with E-state index in [2.05, 4.69) is 0 Å². The van der Waals surface area contributed by atoms with E-state index in [1.165, 1.54) is 0 Å². The van der Waals surface area contributed by atoms with E-state index in [1.807, 2.05) is 0 Å². The van der Waals surface area contributed by atoms with Gasteiger partial charge in [0, 0.05) is 33.8 Å². The van der Waals surface area contributed by atoms with E-state index in [-0.39, 0.29) is 0 Å². The third-order valence-corrected chi connectivity index (χ3v) is 8.15. The summed E-state index contributed by atoms with van der Waals surface area (Å²) in [6.07, 6.45) is 2.93. The molecular weight excluding hydrogens is 444 g/mol. The predicted molar refractivity (Wildman–Crippen MR) is 124 cm³/mol. The van der Waals surface area contributed by atoms with Gasteiger partial charge in [0.2, 0.25) is 0 Å². The molecule has 0 saturated carbocycles. The van der Waals surface area contributed by atoms with Crippen LogP contribution in [-0.4, -0.2) is 62.0 Å². The van der Waals surface area contributed by atoms with Crippen molar-refractivity contribution in [3.05, 3.63) is 54.1 Å². The maximum atomic E-state index is 12.4. The number of benzene rings is 2. The van der Waals surface area contributed by atoms with E-state index in [4.69, 9.17) is 32.2 Å². The van der Waals surface area contributed by atoms with Gasteiger partial charge in [0.05, 0.1) is 31.5 Å². The highest BCUT2D eigenvalue weighted by Gasteiger charge is 2.36. The highest BCUT2D eigenvalue weighted by atomic mass is 28.4. The largest absolute Gasteiger partial charge is 0.500 e. The molecule has 0 amide bonds. The first-order valence-corrected chi connectivity index (χ1v) is 13.0. The number of unbranched alkanes of at least 4 members (excludes halogenated alkanes) is 1. The van der Waals surface area contributed by atoms with Gasteiger partial charge in [-0.15, -0.1) is 0 Å². The summed E-state index contributed by atoms with van der Waals surface area (Å²) in [5.74, 6) is 1.45. The minimum absolute atomic E-state index is 0.338. The van der Waals surface area contributed by atoms with Crippen LogP contribution in [0.3, 0.4) is 0 Å². The molecular formula is C24H32O8Si.